The average molecular weight is 385 g/mol. The first-order chi connectivity index (χ1) is 11.6. The van der Waals surface area contributed by atoms with Gasteiger partial charge in [-0.1, -0.05) is 19.1 Å². The molecule has 0 aromatic heterocycles. The third-order valence-electron chi connectivity index (χ3n) is 4.57. The highest BCUT2D eigenvalue weighted by molar-refractivity contribution is 7.99. The fourth-order valence-corrected chi connectivity index (χ4v) is 4.40. The van der Waals surface area contributed by atoms with E-state index in [2.05, 4.69) is 4.72 Å². The Labute approximate surface area is 156 Å². The molecule has 1 fully saturated rings. The summed E-state index contributed by atoms with van der Waals surface area (Å²) in [4.78, 5) is 1.09. The maximum absolute atomic E-state index is 11.6. The van der Waals surface area contributed by atoms with Crippen LogP contribution >= 0.6 is 11.8 Å². The van der Waals surface area contributed by atoms with Gasteiger partial charge in [0.1, 0.15) is 0 Å². The summed E-state index contributed by atoms with van der Waals surface area (Å²) in [6.07, 6.45) is 0.628. The molecule has 0 amide bonds. The summed E-state index contributed by atoms with van der Waals surface area (Å²) >= 11 is 1.62. The van der Waals surface area contributed by atoms with E-state index < -0.39 is 10.0 Å². The Morgan fingerprint density at radius 2 is 1.64 bits per heavy atom. The molecule has 0 aliphatic carbocycles. The lowest BCUT2D eigenvalue weighted by atomic mass is 9.79. The summed E-state index contributed by atoms with van der Waals surface area (Å²) in [6.45, 7) is 10.4. The molecule has 0 bridgehead atoms. The van der Waals surface area contributed by atoms with Crippen LogP contribution in [0.5, 0.6) is 0 Å². The highest BCUT2D eigenvalue weighted by Crippen LogP contribution is 2.36. The molecule has 0 saturated carbocycles. The van der Waals surface area contributed by atoms with Gasteiger partial charge in [-0.05, 0) is 51.7 Å². The van der Waals surface area contributed by atoms with Crippen molar-refractivity contribution in [2.75, 3.05) is 18.1 Å². The third-order valence-corrected chi connectivity index (χ3v) is 7.17. The van der Waals surface area contributed by atoms with Gasteiger partial charge in [0.25, 0.3) is 0 Å². The van der Waals surface area contributed by atoms with Crippen molar-refractivity contribution in [1.29, 1.82) is 0 Å². The van der Waals surface area contributed by atoms with Crippen LogP contribution in [0.15, 0.2) is 29.2 Å². The molecule has 2 rings (SSSR count). The molecule has 0 spiro atoms. The average Bonchev–Trinajstić information content (AvgIpc) is 2.72. The zero-order chi connectivity index (χ0) is 18.7. The topological polar surface area (TPSA) is 64.6 Å². The Hall–Kier alpha value is -0.535. The van der Waals surface area contributed by atoms with Crippen molar-refractivity contribution in [3.63, 3.8) is 0 Å². The summed E-state index contributed by atoms with van der Waals surface area (Å²) in [6, 6.07) is 8.05. The lowest BCUT2D eigenvalue weighted by molar-refractivity contribution is 0.00578. The number of thioether (sulfide) groups is 1. The molecule has 1 aliphatic heterocycles. The molecule has 140 valence electrons. The zero-order valence-electron chi connectivity index (χ0n) is 15.7. The summed E-state index contributed by atoms with van der Waals surface area (Å²) in [7, 11) is -3.48. The van der Waals surface area contributed by atoms with Crippen LogP contribution in [0.2, 0.25) is 0 Å². The monoisotopic (exact) mass is 385 g/mol. The van der Waals surface area contributed by atoms with Gasteiger partial charge in [-0.15, -0.1) is 11.8 Å². The van der Waals surface area contributed by atoms with Gasteiger partial charge >= 0.3 is 7.12 Å². The van der Waals surface area contributed by atoms with Crippen LogP contribution < -0.4 is 10.2 Å². The van der Waals surface area contributed by atoms with E-state index in [1.165, 1.54) is 0 Å². The van der Waals surface area contributed by atoms with Crippen LogP contribution in [-0.2, 0) is 19.3 Å². The maximum Gasteiger partial charge on any atom is 0.494 e. The molecule has 5 nitrogen and oxygen atoms in total. The largest absolute Gasteiger partial charge is 0.494 e. The molecule has 1 aliphatic rings. The van der Waals surface area contributed by atoms with Crippen LogP contribution in [0.25, 0.3) is 0 Å². The highest BCUT2D eigenvalue weighted by Gasteiger charge is 2.51. The van der Waals surface area contributed by atoms with Crippen molar-refractivity contribution in [2.45, 2.75) is 57.1 Å². The molecule has 1 N–H and O–H groups in total. The molecule has 0 atom stereocenters. The van der Waals surface area contributed by atoms with Gasteiger partial charge in [0.05, 0.1) is 17.0 Å². The molecule has 1 saturated heterocycles. The van der Waals surface area contributed by atoms with Crippen LogP contribution in [0.3, 0.4) is 0 Å². The standard InChI is InChI=1S/C17H28BNO4S2/c1-6-13-25(20,21)19-11-12-24-15-9-7-14(8-10-15)18-22-16(2,3)17(4,5)23-18/h7-10,19H,6,11-13H2,1-5H3. The van der Waals surface area contributed by atoms with Crippen molar-refractivity contribution in [3.8, 4) is 0 Å². The molecule has 8 heteroatoms. The predicted octanol–water partition coefficient (Wildman–Crippen LogP) is 2.41. The first kappa shape index (κ1) is 20.8. The zero-order valence-corrected chi connectivity index (χ0v) is 17.3. The number of rotatable bonds is 8. The van der Waals surface area contributed by atoms with E-state index in [1.54, 1.807) is 11.8 Å². The van der Waals surface area contributed by atoms with Crippen molar-refractivity contribution in [1.82, 2.24) is 4.72 Å². The Morgan fingerprint density at radius 1 is 1.08 bits per heavy atom. The summed E-state index contributed by atoms with van der Waals surface area (Å²) in [5.74, 6) is 0.874. The van der Waals surface area contributed by atoms with E-state index in [-0.39, 0.29) is 24.1 Å². The first-order valence-corrected chi connectivity index (χ1v) is 11.3. The second kappa shape index (κ2) is 8.00. The molecule has 0 radical (unpaired) electrons. The molecule has 1 aromatic rings. The second-order valence-electron chi connectivity index (χ2n) is 7.22. The minimum atomic E-state index is -3.12. The van der Waals surface area contributed by atoms with Crippen LogP contribution in [0.4, 0.5) is 0 Å². The summed E-state index contributed by atoms with van der Waals surface area (Å²) in [5, 5.41) is 0. The van der Waals surface area contributed by atoms with Crippen molar-refractivity contribution >= 4 is 34.4 Å². The smallest absolute Gasteiger partial charge is 0.399 e. The lowest BCUT2D eigenvalue weighted by Gasteiger charge is -2.32. The first-order valence-electron chi connectivity index (χ1n) is 8.62. The Kier molecular flexibility index (Phi) is 6.65. The van der Waals surface area contributed by atoms with Crippen LogP contribution in [0, 0.1) is 0 Å². The van der Waals surface area contributed by atoms with Gasteiger partial charge in [0.15, 0.2) is 0 Å². The maximum atomic E-state index is 11.6. The van der Waals surface area contributed by atoms with Gasteiger partial charge in [-0.3, -0.25) is 0 Å². The van der Waals surface area contributed by atoms with Gasteiger partial charge in [0, 0.05) is 17.2 Å². The lowest BCUT2D eigenvalue weighted by Crippen LogP contribution is -2.41. The van der Waals surface area contributed by atoms with E-state index in [0.29, 0.717) is 18.7 Å². The molecule has 1 aromatic carbocycles. The number of nitrogens with one attached hydrogen (secondary N) is 1. The Balaban J connectivity index is 1.85. The molecule has 25 heavy (non-hydrogen) atoms. The normalized spacial score (nSPS) is 19.3. The number of hydrogen-bond acceptors (Lipinski definition) is 5. The van der Waals surface area contributed by atoms with Crippen LogP contribution in [0.1, 0.15) is 41.0 Å². The molecule has 1 heterocycles. The van der Waals surface area contributed by atoms with E-state index >= 15 is 0 Å². The second-order valence-corrected chi connectivity index (χ2v) is 10.3. The van der Waals surface area contributed by atoms with Gasteiger partial charge in [-0.2, -0.15) is 0 Å². The number of sulfonamides is 1. The highest BCUT2D eigenvalue weighted by atomic mass is 32.2. The minimum Gasteiger partial charge on any atom is -0.399 e. The van der Waals surface area contributed by atoms with E-state index in [0.717, 1.165) is 10.4 Å². The SMILES string of the molecule is CCCS(=O)(=O)NCCSc1ccc(B2OC(C)(C)C(C)(C)O2)cc1. The number of benzene rings is 1. The molecular formula is C17H28BNO4S2. The molecular weight excluding hydrogens is 357 g/mol. The Bertz CT molecular complexity index is 658. The fourth-order valence-electron chi connectivity index (χ4n) is 2.41. The summed E-state index contributed by atoms with van der Waals surface area (Å²) in [5.41, 5.74) is 0.299. The van der Waals surface area contributed by atoms with Crippen molar-refractivity contribution in [2.24, 2.45) is 0 Å². The molecule has 0 unspecified atom stereocenters. The van der Waals surface area contributed by atoms with E-state index in [9.17, 15) is 8.42 Å². The van der Waals surface area contributed by atoms with Gasteiger partial charge in [0.2, 0.25) is 10.0 Å². The predicted molar refractivity (Wildman–Crippen MR) is 105 cm³/mol. The van der Waals surface area contributed by atoms with Gasteiger partial charge < -0.3 is 9.31 Å². The Morgan fingerprint density at radius 3 is 2.16 bits per heavy atom. The van der Waals surface area contributed by atoms with E-state index in [1.807, 2.05) is 58.9 Å². The number of hydrogen-bond donors (Lipinski definition) is 1. The van der Waals surface area contributed by atoms with Gasteiger partial charge in [-0.25, -0.2) is 13.1 Å². The third kappa shape index (κ3) is 5.47. The minimum absolute atomic E-state index is 0.181. The van der Waals surface area contributed by atoms with Crippen molar-refractivity contribution < 1.29 is 17.7 Å². The van der Waals surface area contributed by atoms with Crippen LogP contribution in [-0.4, -0.2) is 44.8 Å². The fraction of sp³-hybridized carbons (Fsp3) is 0.647. The van der Waals surface area contributed by atoms with E-state index in [4.69, 9.17) is 9.31 Å². The quantitative estimate of drug-likeness (QED) is 0.423. The van der Waals surface area contributed by atoms with Crippen molar-refractivity contribution in [3.05, 3.63) is 24.3 Å². The summed E-state index contributed by atoms with van der Waals surface area (Å²) < 4.78 is 37.9.